The Hall–Kier alpha value is -1.97. The Morgan fingerprint density at radius 2 is 2.05 bits per heavy atom. The van der Waals surface area contributed by atoms with E-state index in [9.17, 15) is 4.79 Å². The van der Waals surface area contributed by atoms with E-state index in [1.807, 2.05) is 37.3 Å². The zero-order valence-corrected chi connectivity index (χ0v) is 13.6. The molecule has 0 fully saturated rings. The van der Waals surface area contributed by atoms with Crippen LogP contribution in [0.5, 0.6) is 11.5 Å². The van der Waals surface area contributed by atoms with Crippen LogP contribution in [0.3, 0.4) is 0 Å². The van der Waals surface area contributed by atoms with Crippen molar-refractivity contribution < 1.29 is 14.3 Å². The number of allylic oxidation sites excluding steroid dienone is 1. The van der Waals surface area contributed by atoms with E-state index in [1.165, 1.54) is 0 Å². The number of carbonyl (C=O) groups is 1. The van der Waals surface area contributed by atoms with Gasteiger partial charge in [0, 0.05) is 13.6 Å². The molecule has 0 aliphatic rings. The first-order chi connectivity index (χ1) is 9.97. The van der Waals surface area contributed by atoms with Crippen LogP contribution < -0.4 is 9.47 Å². The minimum Gasteiger partial charge on any atom is -0.493 e. The van der Waals surface area contributed by atoms with E-state index in [0.717, 1.165) is 12.1 Å². The third-order valence-electron chi connectivity index (χ3n) is 2.96. The zero-order valence-electron chi connectivity index (χ0n) is 13.6. The Balaban J connectivity index is 2.68. The number of ether oxygens (including phenoxy) is 2. The highest BCUT2D eigenvalue weighted by Crippen LogP contribution is 2.28. The van der Waals surface area contributed by atoms with E-state index < -0.39 is 0 Å². The van der Waals surface area contributed by atoms with Gasteiger partial charge in [0.15, 0.2) is 18.1 Å². The number of nitrogens with zero attached hydrogens (tertiary/aromatic N) is 1. The standard InChI is InChI=1S/C17H25NO3/c1-6-7-14-8-9-15(16(10-14)20-5)21-12-17(19)18(4)11-13(2)3/h6-10,13H,11-12H2,1-5H3/b7-6+. The van der Waals surface area contributed by atoms with Gasteiger partial charge in [-0.25, -0.2) is 0 Å². The van der Waals surface area contributed by atoms with E-state index in [2.05, 4.69) is 13.8 Å². The molecule has 0 bridgehead atoms. The smallest absolute Gasteiger partial charge is 0.260 e. The van der Waals surface area contributed by atoms with Crippen molar-refractivity contribution in [2.75, 3.05) is 27.3 Å². The number of hydrogen-bond donors (Lipinski definition) is 0. The summed E-state index contributed by atoms with van der Waals surface area (Å²) >= 11 is 0. The summed E-state index contributed by atoms with van der Waals surface area (Å²) in [5.41, 5.74) is 1.03. The van der Waals surface area contributed by atoms with Crippen LogP contribution in [0.1, 0.15) is 26.3 Å². The second kappa shape index (κ2) is 8.35. The average molecular weight is 291 g/mol. The number of likely N-dealkylation sites (N-methyl/N-ethyl adjacent to an activating group) is 1. The largest absolute Gasteiger partial charge is 0.493 e. The van der Waals surface area contributed by atoms with Crippen molar-refractivity contribution in [3.63, 3.8) is 0 Å². The Morgan fingerprint density at radius 1 is 1.33 bits per heavy atom. The van der Waals surface area contributed by atoms with Crippen molar-refractivity contribution in [1.29, 1.82) is 0 Å². The lowest BCUT2D eigenvalue weighted by atomic mass is 10.2. The van der Waals surface area contributed by atoms with E-state index in [-0.39, 0.29) is 12.5 Å². The van der Waals surface area contributed by atoms with Gasteiger partial charge in [-0.3, -0.25) is 4.79 Å². The normalized spacial score (nSPS) is 11.0. The van der Waals surface area contributed by atoms with Crippen molar-refractivity contribution in [1.82, 2.24) is 4.90 Å². The van der Waals surface area contributed by atoms with E-state index in [0.29, 0.717) is 17.4 Å². The Kier molecular flexibility index (Phi) is 6.79. The summed E-state index contributed by atoms with van der Waals surface area (Å²) in [5, 5.41) is 0. The predicted octanol–water partition coefficient (Wildman–Crippen LogP) is 3.22. The molecule has 21 heavy (non-hydrogen) atoms. The molecule has 0 saturated carbocycles. The summed E-state index contributed by atoms with van der Waals surface area (Å²) in [6.45, 7) is 6.85. The maximum atomic E-state index is 12.0. The van der Waals surface area contributed by atoms with Crippen LogP contribution in [0.2, 0.25) is 0 Å². The number of rotatable bonds is 7. The Morgan fingerprint density at radius 3 is 2.62 bits per heavy atom. The van der Waals surface area contributed by atoms with Crippen LogP contribution in [-0.2, 0) is 4.79 Å². The molecule has 0 atom stereocenters. The van der Waals surface area contributed by atoms with Crippen molar-refractivity contribution in [3.05, 3.63) is 29.8 Å². The first-order valence-electron chi connectivity index (χ1n) is 7.15. The fourth-order valence-electron chi connectivity index (χ4n) is 2.00. The number of carbonyl (C=O) groups excluding carboxylic acids is 1. The van der Waals surface area contributed by atoms with Gasteiger partial charge >= 0.3 is 0 Å². The van der Waals surface area contributed by atoms with E-state index >= 15 is 0 Å². The molecule has 0 N–H and O–H groups in total. The summed E-state index contributed by atoms with van der Waals surface area (Å²) in [5.74, 6) is 1.61. The monoisotopic (exact) mass is 291 g/mol. The van der Waals surface area contributed by atoms with Gasteiger partial charge in [0.2, 0.25) is 0 Å². The molecule has 0 aliphatic heterocycles. The number of hydrogen-bond acceptors (Lipinski definition) is 3. The molecule has 1 amide bonds. The molecule has 0 heterocycles. The van der Waals surface area contributed by atoms with Gasteiger partial charge in [-0.1, -0.05) is 32.1 Å². The highest BCUT2D eigenvalue weighted by Gasteiger charge is 2.12. The predicted molar refractivity (Wildman–Crippen MR) is 85.7 cm³/mol. The second-order valence-electron chi connectivity index (χ2n) is 5.37. The quantitative estimate of drug-likeness (QED) is 0.774. The molecule has 1 aromatic carbocycles. The lowest BCUT2D eigenvalue weighted by molar-refractivity contribution is -0.132. The first kappa shape index (κ1) is 17.1. The second-order valence-corrected chi connectivity index (χ2v) is 5.37. The lowest BCUT2D eigenvalue weighted by Gasteiger charge is -2.20. The van der Waals surface area contributed by atoms with Gasteiger partial charge < -0.3 is 14.4 Å². The molecule has 0 saturated heterocycles. The molecule has 0 radical (unpaired) electrons. The van der Waals surface area contributed by atoms with Crippen molar-refractivity contribution in [3.8, 4) is 11.5 Å². The molecule has 1 aromatic rings. The van der Waals surface area contributed by atoms with Crippen LogP contribution in [-0.4, -0.2) is 38.1 Å². The topological polar surface area (TPSA) is 38.8 Å². The molecular weight excluding hydrogens is 266 g/mol. The van der Waals surface area contributed by atoms with Crippen molar-refractivity contribution >= 4 is 12.0 Å². The molecule has 0 aliphatic carbocycles. The van der Waals surface area contributed by atoms with Gasteiger partial charge in [-0.15, -0.1) is 0 Å². The van der Waals surface area contributed by atoms with Crippen molar-refractivity contribution in [2.45, 2.75) is 20.8 Å². The third kappa shape index (κ3) is 5.50. The van der Waals surface area contributed by atoms with Gasteiger partial charge in [-0.05, 0) is 30.5 Å². The maximum absolute atomic E-state index is 12.0. The SMILES string of the molecule is C/C=C/c1ccc(OCC(=O)N(C)CC(C)C)c(OC)c1. The van der Waals surface area contributed by atoms with Gasteiger partial charge in [0.1, 0.15) is 0 Å². The number of methoxy groups -OCH3 is 1. The Bertz CT molecular complexity index is 495. The molecule has 0 spiro atoms. The molecule has 4 nitrogen and oxygen atoms in total. The maximum Gasteiger partial charge on any atom is 0.260 e. The lowest BCUT2D eigenvalue weighted by Crippen LogP contribution is -2.34. The van der Waals surface area contributed by atoms with Crippen molar-refractivity contribution in [2.24, 2.45) is 5.92 Å². The van der Waals surface area contributed by atoms with Crippen LogP contribution in [0, 0.1) is 5.92 Å². The average Bonchev–Trinajstić information content (AvgIpc) is 2.44. The third-order valence-corrected chi connectivity index (χ3v) is 2.96. The van der Waals surface area contributed by atoms with Crippen LogP contribution in [0.4, 0.5) is 0 Å². The van der Waals surface area contributed by atoms with Crippen LogP contribution in [0.15, 0.2) is 24.3 Å². The molecular formula is C17H25NO3. The summed E-state index contributed by atoms with van der Waals surface area (Å²) < 4.78 is 10.9. The summed E-state index contributed by atoms with van der Waals surface area (Å²) in [4.78, 5) is 13.7. The molecule has 116 valence electrons. The highest BCUT2D eigenvalue weighted by atomic mass is 16.5. The first-order valence-corrected chi connectivity index (χ1v) is 7.15. The highest BCUT2D eigenvalue weighted by molar-refractivity contribution is 5.77. The minimum absolute atomic E-state index is 0.0164. The molecule has 0 unspecified atom stereocenters. The van der Waals surface area contributed by atoms with Gasteiger partial charge in [0.05, 0.1) is 7.11 Å². The number of amides is 1. The molecule has 4 heteroatoms. The Labute approximate surface area is 127 Å². The summed E-state index contributed by atoms with van der Waals surface area (Å²) in [6.07, 6.45) is 3.94. The van der Waals surface area contributed by atoms with Gasteiger partial charge in [0.25, 0.3) is 5.91 Å². The number of benzene rings is 1. The zero-order chi connectivity index (χ0) is 15.8. The molecule has 0 aromatic heterocycles. The molecule has 1 rings (SSSR count). The van der Waals surface area contributed by atoms with Crippen LogP contribution in [0.25, 0.3) is 6.08 Å². The summed E-state index contributed by atoms with van der Waals surface area (Å²) in [7, 11) is 3.38. The van der Waals surface area contributed by atoms with E-state index in [1.54, 1.807) is 19.1 Å². The fraction of sp³-hybridized carbons (Fsp3) is 0.471. The fourth-order valence-corrected chi connectivity index (χ4v) is 2.00. The van der Waals surface area contributed by atoms with E-state index in [4.69, 9.17) is 9.47 Å². The van der Waals surface area contributed by atoms with Gasteiger partial charge in [-0.2, -0.15) is 0 Å². The summed E-state index contributed by atoms with van der Waals surface area (Å²) in [6, 6.07) is 5.64. The van der Waals surface area contributed by atoms with Crippen LogP contribution >= 0.6 is 0 Å². The minimum atomic E-state index is -0.0386.